The van der Waals surface area contributed by atoms with Crippen molar-refractivity contribution in [1.29, 1.82) is 0 Å². The molecule has 0 aliphatic carbocycles. The number of benzene rings is 1. The average molecular weight is 375 g/mol. The highest BCUT2D eigenvalue weighted by molar-refractivity contribution is 6.83. The van der Waals surface area contributed by atoms with Crippen LogP contribution in [0, 0.1) is 11.5 Å². The third-order valence-corrected chi connectivity index (χ3v) is 4.29. The Bertz CT molecular complexity index is 700. The van der Waals surface area contributed by atoms with E-state index in [1.165, 1.54) is 0 Å². The van der Waals surface area contributed by atoms with Crippen LogP contribution in [-0.2, 0) is 0 Å². The molecule has 6 nitrogen and oxygen atoms in total. The molecule has 1 aromatic rings. The standard InChI is InChI=1S/C19H30N4O2Si/c1-23(2)11-6-10-21-14-18(24)16-7-8-17(22-19(20)25)15(13-16)9-12-26(3,4)5/h7-8,13,21H,6,10-11,14H2,1-5H3,(H3,20,22,25). The van der Waals surface area contributed by atoms with Gasteiger partial charge < -0.3 is 21.3 Å². The quantitative estimate of drug-likeness (QED) is 0.281. The van der Waals surface area contributed by atoms with Gasteiger partial charge in [0.25, 0.3) is 0 Å². The van der Waals surface area contributed by atoms with Crippen molar-refractivity contribution in [3.05, 3.63) is 29.3 Å². The maximum absolute atomic E-state index is 12.4. The lowest BCUT2D eigenvalue weighted by Crippen LogP contribution is -2.26. The molecule has 142 valence electrons. The molecule has 0 fully saturated rings. The van der Waals surface area contributed by atoms with E-state index >= 15 is 0 Å². The molecule has 1 rings (SSSR count). The zero-order chi connectivity index (χ0) is 19.7. The minimum atomic E-state index is -1.59. The van der Waals surface area contributed by atoms with E-state index in [0.29, 0.717) is 16.8 Å². The van der Waals surface area contributed by atoms with E-state index in [1.807, 2.05) is 14.1 Å². The summed E-state index contributed by atoms with van der Waals surface area (Å²) in [6, 6.07) is 4.44. The smallest absolute Gasteiger partial charge is 0.316 e. The molecule has 1 aromatic carbocycles. The molecule has 0 aromatic heterocycles. The maximum atomic E-state index is 12.4. The fourth-order valence-corrected chi connectivity index (χ4v) is 2.65. The van der Waals surface area contributed by atoms with Crippen molar-refractivity contribution < 1.29 is 9.59 Å². The van der Waals surface area contributed by atoms with Crippen LogP contribution in [0.15, 0.2) is 18.2 Å². The molecular weight excluding hydrogens is 344 g/mol. The van der Waals surface area contributed by atoms with Gasteiger partial charge in [-0.2, -0.15) is 0 Å². The Hall–Kier alpha value is -2.14. The topological polar surface area (TPSA) is 87.5 Å². The van der Waals surface area contributed by atoms with Gasteiger partial charge in [-0.1, -0.05) is 25.6 Å². The molecule has 7 heteroatoms. The first-order valence-electron chi connectivity index (χ1n) is 8.71. The number of ketones is 1. The molecule has 0 radical (unpaired) electrons. The minimum Gasteiger partial charge on any atom is -0.351 e. The monoisotopic (exact) mass is 374 g/mol. The first kappa shape index (κ1) is 21.9. The van der Waals surface area contributed by atoms with Crippen molar-refractivity contribution in [3.63, 3.8) is 0 Å². The molecule has 0 saturated carbocycles. The molecule has 0 aliphatic heterocycles. The van der Waals surface area contributed by atoms with Crippen LogP contribution in [0.2, 0.25) is 19.6 Å². The first-order chi connectivity index (χ1) is 12.1. The minimum absolute atomic E-state index is 0.00321. The van der Waals surface area contributed by atoms with Crippen LogP contribution >= 0.6 is 0 Å². The number of carbonyl (C=O) groups excluding carboxylic acids is 2. The summed E-state index contributed by atoms with van der Waals surface area (Å²) in [5, 5.41) is 5.73. The van der Waals surface area contributed by atoms with Crippen molar-refractivity contribution in [2.24, 2.45) is 5.73 Å². The summed E-state index contributed by atoms with van der Waals surface area (Å²) in [5.74, 6) is 3.10. The van der Waals surface area contributed by atoms with Crippen molar-refractivity contribution >= 4 is 25.6 Å². The normalized spacial score (nSPS) is 11.0. The van der Waals surface area contributed by atoms with E-state index in [9.17, 15) is 9.59 Å². The lowest BCUT2D eigenvalue weighted by molar-refractivity contribution is 0.0991. The van der Waals surface area contributed by atoms with Gasteiger partial charge in [-0.05, 0) is 51.8 Å². The molecule has 0 heterocycles. The van der Waals surface area contributed by atoms with Crippen LogP contribution in [0.5, 0.6) is 0 Å². The Labute approximate surface area is 157 Å². The highest BCUT2D eigenvalue weighted by atomic mass is 28.3. The van der Waals surface area contributed by atoms with Crippen LogP contribution < -0.4 is 16.4 Å². The first-order valence-corrected chi connectivity index (χ1v) is 12.2. The van der Waals surface area contributed by atoms with Gasteiger partial charge in [0.1, 0.15) is 8.07 Å². The molecule has 0 atom stereocenters. The number of nitrogens with one attached hydrogen (secondary N) is 2. The predicted molar refractivity (Wildman–Crippen MR) is 110 cm³/mol. The maximum Gasteiger partial charge on any atom is 0.316 e. The summed E-state index contributed by atoms with van der Waals surface area (Å²) in [6.45, 7) is 8.44. The number of hydrogen-bond acceptors (Lipinski definition) is 4. The van der Waals surface area contributed by atoms with Gasteiger partial charge in [-0.25, -0.2) is 4.79 Å². The Kier molecular flexibility index (Phi) is 8.52. The number of rotatable bonds is 8. The van der Waals surface area contributed by atoms with Crippen molar-refractivity contribution in [2.75, 3.05) is 39.0 Å². The second kappa shape index (κ2) is 10.1. The Balaban J connectivity index is 2.86. The molecule has 4 N–H and O–H groups in total. The van der Waals surface area contributed by atoms with Gasteiger partial charge in [-0.15, -0.1) is 5.54 Å². The number of nitrogens with zero attached hydrogens (tertiary/aromatic N) is 1. The van der Waals surface area contributed by atoms with E-state index in [-0.39, 0.29) is 12.3 Å². The summed E-state index contributed by atoms with van der Waals surface area (Å²) < 4.78 is 0. The van der Waals surface area contributed by atoms with Gasteiger partial charge in [0.2, 0.25) is 0 Å². The van der Waals surface area contributed by atoms with Crippen molar-refractivity contribution in [1.82, 2.24) is 10.2 Å². The number of nitrogens with two attached hydrogens (primary N) is 1. The molecular formula is C19H30N4O2Si. The van der Waals surface area contributed by atoms with E-state index in [1.54, 1.807) is 18.2 Å². The van der Waals surface area contributed by atoms with Gasteiger partial charge in [0, 0.05) is 11.1 Å². The number of Topliss-reactive ketones (excluding diaryl/α,β-unsaturated/α-hetero) is 1. The van der Waals surface area contributed by atoms with Crippen LogP contribution in [0.1, 0.15) is 22.3 Å². The number of carbonyl (C=O) groups is 2. The summed E-state index contributed by atoms with van der Waals surface area (Å²) in [4.78, 5) is 25.7. The zero-order valence-electron chi connectivity index (χ0n) is 16.4. The molecule has 2 amide bonds. The average Bonchev–Trinajstić information content (AvgIpc) is 2.51. The van der Waals surface area contributed by atoms with Crippen LogP contribution in [0.4, 0.5) is 10.5 Å². The summed E-state index contributed by atoms with van der Waals surface area (Å²) >= 11 is 0. The number of anilines is 1. The second-order valence-electron chi connectivity index (χ2n) is 7.51. The number of amides is 2. The largest absolute Gasteiger partial charge is 0.351 e. The fourth-order valence-electron chi connectivity index (χ4n) is 2.14. The van der Waals surface area contributed by atoms with Crippen molar-refractivity contribution in [3.8, 4) is 11.5 Å². The number of urea groups is 1. The van der Waals surface area contributed by atoms with Crippen LogP contribution in [0.3, 0.4) is 0 Å². The molecule has 0 unspecified atom stereocenters. The molecule has 0 aliphatic rings. The van der Waals surface area contributed by atoms with Crippen LogP contribution in [0.25, 0.3) is 0 Å². The third kappa shape index (κ3) is 8.81. The lowest BCUT2D eigenvalue weighted by Gasteiger charge is -2.11. The van der Waals surface area contributed by atoms with Gasteiger partial charge in [0.05, 0.1) is 12.2 Å². The molecule has 0 bridgehead atoms. The Morgan fingerprint density at radius 1 is 1.23 bits per heavy atom. The molecule has 26 heavy (non-hydrogen) atoms. The van der Waals surface area contributed by atoms with Gasteiger partial charge in [0.15, 0.2) is 5.78 Å². The number of primary amides is 1. The van der Waals surface area contributed by atoms with Crippen molar-refractivity contribution in [2.45, 2.75) is 26.1 Å². The highest BCUT2D eigenvalue weighted by Gasteiger charge is 2.12. The second-order valence-corrected chi connectivity index (χ2v) is 12.3. The Morgan fingerprint density at radius 3 is 2.50 bits per heavy atom. The molecule has 0 saturated heterocycles. The van der Waals surface area contributed by atoms with Gasteiger partial charge in [-0.3, -0.25) is 4.79 Å². The zero-order valence-corrected chi connectivity index (χ0v) is 17.4. The highest BCUT2D eigenvalue weighted by Crippen LogP contribution is 2.17. The summed E-state index contributed by atoms with van der Waals surface area (Å²) in [7, 11) is 2.45. The van der Waals surface area contributed by atoms with E-state index in [4.69, 9.17) is 5.73 Å². The SMILES string of the molecule is CN(C)CCCNCC(=O)c1ccc(NC(N)=O)c(C#C[Si](C)(C)C)c1. The Morgan fingerprint density at radius 2 is 1.92 bits per heavy atom. The van der Waals surface area contributed by atoms with E-state index < -0.39 is 14.1 Å². The van der Waals surface area contributed by atoms with Gasteiger partial charge >= 0.3 is 6.03 Å². The summed E-state index contributed by atoms with van der Waals surface area (Å²) in [6.07, 6.45) is 0.981. The fraction of sp³-hybridized carbons (Fsp3) is 0.474. The third-order valence-electron chi connectivity index (χ3n) is 3.42. The van der Waals surface area contributed by atoms with E-state index in [2.05, 4.69) is 46.6 Å². The van der Waals surface area contributed by atoms with E-state index in [0.717, 1.165) is 19.5 Å². The number of hydrogen-bond donors (Lipinski definition) is 3. The molecule has 0 spiro atoms. The van der Waals surface area contributed by atoms with Crippen LogP contribution in [-0.4, -0.2) is 58.5 Å². The summed E-state index contributed by atoms with van der Waals surface area (Å²) in [5.41, 5.74) is 10.2. The lowest BCUT2D eigenvalue weighted by atomic mass is 10.1. The predicted octanol–water partition coefficient (Wildman–Crippen LogP) is 2.13.